The van der Waals surface area contributed by atoms with Crippen molar-refractivity contribution in [1.82, 2.24) is 0 Å². The summed E-state index contributed by atoms with van der Waals surface area (Å²) in [5, 5.41) is 0. The molecule has 3 N–H and O–H groups in total. The van der Waals surface area contributed by atoms with Gasteiger partial charge in [0.2, 0.25) is 0 Å². The van der Waals surface area contributed by atoms with Gasteiger partial charge in [-0.3, -0.25) is 0 Å². The van der Waals surface area contributed by atoms with Crippen LogP contribution in [0.2, 0.25) is 0 Å². The standard InChI is InChI=1S/Ce.Na.H3O4P.H/c;;1-5(2,3)4;/h;;(H3,1,2,3,4);/q;+1;;-1. The molecule has 0 atom stereocenters. The first-order valence-electron chi connectivity index (χ1n) is 0.783. The molecule has 7 heavy (non-hydrogen) atoms. The molecule has 0 aromatic carbocycles. The minimum Gasteiger partial charge on any atom is -1.00 e. The third-order valence-corrected chi connectivity index (χ3v) is 0. The Bertz CT molecular complexity index is 62.2. The first-order chi connectivity index (χ1) is 2.00. The molecule has 7 heteroatoms. The van der Waals surface area contributed by atoms with Crippen LogP contribution in [0.5, 0.6) is 0 Å². The summed E-state index contributed by atoms with van der Waals surface area (Å²) < 4.78 is 8.88. The minimum absolute atomic E-state index is 0. The van der Waals surface area contributed by atoms with Crippen LogP contribution in [0.3, 0.4) is 0 Å². The van der Waals surface area contributed by atoms with Crippen molar-refractivity contribution in [1.29, 1.82) is 0 Å². The predicted molar refractivity (Wildman–Crippen MR) is 15.4 cm³/mol. The molecule has 0 aromatic heterocycles. The van der Waals surface area contributed by atoms with E-state index in [0.29, 0.717) is 0 Å². The monoisotopic (exact) mass is 262 g/mol. The molecule has 0 aliphatic rings. The van der Waals surface area contributed by atoms with Crippen LogP contribution in [0.1, 0.15) is 1.43 Å². The molecule has 0 aromatic rings. The van der Waals surface area contributed by atoms with E-state index >= 15 is 0 Å². The van der Waals surface area contributed by atoms with E-state index in [0.717, 1.165) is 0 Å². The Morgan fingerprint density at radius 2 is 1.29 bits per heavy atom. The van der Waals surface area contributed by atoms with Gasteiger partial charge in [0, 0.05) is 41.7 Å². The van der Waals surface area contributed by atoms with Gasteiger partial charge >= 0.3 is 37.4 Å². The van der Waals surface area contributed by atoms with Crippen LogP contribution in [0, 0.1) is 41.7 Å². The molecule has 4 nitrogen and oxygen atoms in total. The fourth-order valence-corrected chi connectivity index (χ4v) is 0. The van der Waals surface area contributed by atoms with Gasteiger partial charge in [0.05, 0.1) is 0 Å². The molecule has 0 rings (SSSR count). The summed E-state index contributed by atoms with van der Waals surface area (Å²) in [6.45, 7) is 0. The van der Waals surface area contributed by atoms with E-state index in [-0.39, 0.29) is 72.7 Å². The smallest absolute Gasteiger partial charge is 1.00 e. The molecule has 0 aliphatic heterocycles. The minimum atomic E-state index is -4.64. The topological polar surface area (TPSA) is 77.8 Å². The van der Waals surface area contributed by atoms with Crippen LogP contribution in [0.15, 0.2) is 0 Å². The van der Waals surface area contributed by atoms with Gasteiger partial charge in [-0.15, -0.1) is 0 Å². The van der Waals surface area contributed by atoms with Crippen LogP contribution >= 0.6 is 7.82 Å². The molecule has 0 fully saturated rings. The first-order valence-corrected chi connectivity index (χ1v) is 2.35. The maximum absolute atomic E-state index is 8.88. The van der Waals surface area contributed by atoms with E-state index in [9.17, 15) is 0 Å². The Labute approximate surface area is 98.1 Å². The van der Waals surface area contributed by atoms with Crippen LogP contribution in [-0.4, -0.2) is 14.7 Å². The van der Waals surface area contributed by atoms with E-state index in [1.165, 1.54) is 0 Å². The largest absolute Gasteiger partial charge is 1.00 e. The summed E-state index contributed by atoms with van der Waals surface area (Å²) in [5.74, 6) is 0. The van der Waals surface area contributed by atoms with Gasteiger partial charge in [-0.05, 0) is 0 Å². The first kappa shape index (κ1) is 16.2. The Balaban J connectivity index is -0.0000000267. The van der Waals surface area contributed by atoms with Crippen molar-refractivity contribution in [3.8, 4) is 0 Å². The second kappa shape index (κ2) is 6.60. The third kappa shape index (κ3) is 57.8. The summed E-state index contributed by atoms with van der Waals surface area (Å²) in [7, 11) is -4.64. The van der Waals surface area contributed by atoms with E-state index in [4.69, 9.17) is 19.2 Å². The molecule has 0 bridgehead atoms. The number of rotatable bonds is 0. The Morgan fingerprint density at radius 3 is 1.29 bits per heavy atom. The summed E-state index contributed by atoms with van der Waals surface area (Å²) in [4.78, 5) is 21.6. The molecule has 0 amide bonds. The molecule has 0 saturated carbocycles. The molecular formula is H4CeNaO4P. The van der Waals surface area contributed by atoms with Gasteiger partial charge in [0.15, 0.2) is 0 Å². The van der Waals surface area contributed by atoms with Crippen LogP contribution in [-0.2, 0) is 4.57 Å². The van der Waals surface area contributed by atoms with Gasteiger partial charge in [-0.25, -0.2) is 4.57 Å². The van der Waals surface area contributed by atoms with E-state index in [2.05, 4.69) is 0 Å². The van der Waals surface area contributed by atoms with Crippen LogP contribution in [0.4, 0.5) is 0 Å². The van der Waals surface area contributed by atoms with Crippen LogP contribution < -0.4 is 29.6 Å². The van der Waals surface area contributed by atoms with E-state index in [1.807, 2.05) is 0 Å². The van der Waals surface area contributed by atoms with Crippen molar-refractivity contribution < 1.29 is 92.0 Å². The zero-order chi connectivity index (χ0) is 4.50. The second-order valence-electron chi connectivity index (χ2n) is 0.513. The quantitative estimate of drug-likeness (QED) is 0.309. The van der Waals surface area contributed by atoms with Crippen molar-refractivity contribution in [2.75, 3.05) is 0 Å². The van der Waals surface area contributed by atoms with Crippen molar-refractivity contribution in [2.45, 2.75) is 0 Å². The van der Waals surface area contributed by atoms with Gasteiger partial charge < -0.3 is 16.1 Å². The predicted octanol–water partition coefficient (Wildman–Crippen LogP) is -3.81. The van der Waals surface area contributed by atoms with Gasteiger partial charge in [-0.2, -0.15) is 0 Å². The van der Waals surface area contributed by atoms with Gasteiger partial charge in [-0.1, -0.05) is 0 Å². The third-order valence-electron chi connectivity index (χ3n) is 0. The number of phosphoric acid groups is 1. The normalized spacial score (nSPS) is 8.43. The Kier molecular flexibility index (Phi) is 15.3. The molecule has 0 heterocycles. The maximum Gasteiger partial charge on any atom is 1.00 e. The average molecular weight is 262 g/mol. The summed E-state index contributed by atoms with van der Waals surface area (Å²) in [5.41, 5.74) is 0. The number of hydrogen-bond donors (Lipinski definition) is 3. The fourth-order valence-electron chi connectivity index (χ4n) is 0. The molecule has 0 spiro atoms. The summed E-state index contributed by atoms with van der Waals surface area (Å²) >= 11 is 0. The molecule has 0 unspecified atom stereocenters. The molecule has 0 saturated heterocycles. The van der Waals surface area contributed by atoms with Crippen molar-refractivity contribution in [3.63, 3.8) is 0 Å². The summed E-state index contributed by atoms with van der Waals surface area (Å²) in [6, 6.07) is 0. The van der Waals surface area contributed by atoms with E-state index < -0.39 is 7.82 Å². The summed E-state index contributed by atoms with van der Waals surface area (Å²) in [6.07, 6.45) is 0. The van der Waals surface area contributed by atoms with Crippen LogP contribution in [0.25, 0.3) is 0 Å². The van der Waals surface area contributed by atoms with E-state index in [1.54, 1.807) is 0 Å². The zero-order valence-electron chi connectivity index (χ0n) is 4.70. The second-order valence-corrected chi connectivity index (χ2v) is 1.54. The Morgan fingerprint density at radius 1 is 1.29 bits per heavy atom. The maximum atomic E-state index is 8.88. The Hall–Kier alpha value is 2.49. The van der Waals surface area contributed by atoms with Gasteiger partial charge in [0.1, 0.15) is 0 Å². The molecule has 38 valence electrons. The number of hydrogen-bond acceptors (Lipinski definition) is 1. The average Bonchev–Trinajstić information content (AvgIpc) is 0.722. The molecular weight excluding hydrogens is 258 g/mol. The molecule has 0 aliphatic carbocycles. The van der Waals surface area contributed by atoms with Crippen molar-refractivity contribution in [3.05, 3.63) is 0 Å². The van der Waals surface area contributed by atoms with Gasteiger partial charge in [0.25, 0.3) is 0 Å². The SMILES string of the molecule is O=P(O)(O)O.[Ce].[H-].[Na+]. The van der Waals surface area contributed by atoms with Crippen molar-refractivity contribution >= 4 is 7.82 Å². The fraction of sp³-hybridized carbons (Fsp3) is 0. The molecule has 0 radical (unpaired) electrons. The zero-order valence-corrected chi connectivity index (χ0v) is 9.73. The van der Waals surface area contributed by atoms with Crippen molar-refractivity contribution in [2.24, 2.45) is 0 Å².